The van der Waals surface area contributed by atoms with E-state index in [2.05, 4.69) is 0 Å². The smallest absolute Gasteiger partial charge is 0.212 e. The monoisotopic (exact) mass is 257 g/mol. The maximum atomic E-state index is 12.0. The lowest BCUT2D eigenvalue weighted by Crippen LogP contribution is -2.29. The van der Waals surface area contributed by atoms with Crippen molar-refractivity contribution in [2.75, 3.05) is 18.2 Å². The fourth-order valence-electron chi connectivity index (χ4n) is 1.60. The van der Waals surface area contributed by atoms with Crippen LogP contribution in [0.4, 0.5) is 0 Å². The average molecular weight is 257 g/mol. The topological polar surface area (TPSA) is 37.4 Å². The molecule has 16 heavy (non-hydrogen) atoms. The predicted octanol–water partition coefficient (Wildman–Crippen LogP) is 1.83. The Morgan fingerprint density at radius 2 is 2.00 bits per heavy atom. The first-order chi connectivity index (χ1) is 7.58. The van der Waals surface area contributed by atoms with Crippen LogP contribution in [0, 0.1) is 6.92 Å². The first-order valence-electron chi connectivity index (χ1n) is 5.19. The minimum atomic E-state index is -3.11. The SMILES string of the molecule is Cc1ccc(CS(=O)(=O)N2CCSC2)cc1. The Morgan fingerprint density at radius 3 is 2.56 bits per heavy atom. The molecule has 1 aliphatic rings. The van der Waals surface area contributed by atoms with Gasteiger partial charge in [-0.3, -0.25) is 0 Å². The van der Waals surface area contributed by atoms with Gasteiger partial charge < -0.3 is 0 Å². The van der Waals surface area contributed by atoms with Crippen LogP contribution >= 0.6 is 11.8 Å². The second-order valence-corrected chi connectivity index (χ2v) is 7.00. The first kappa shape index (κ1) is 12.0. The molecule has 1 fully saturated rings. The van der Waals surface area contributed by atoms with Crippen LogP contribution in [0.25, 0.3) is 0 Å². The lowest BCUT2D eigenvalue weighted by atomic mass is 10.2. The highest BCUT2D eigenvalue weighted by atomic mass is 32.2. The molecule has 0 atom stereocenters. The Labute approximate surface area is 101 Å². The minimum Gasteiger partial charge on any atom is -0.212 e. The summed E-state index contributed by atoms with van der Waals surface area (Å²) in [7, 11) is -3.11. The molecular formula is C11H15NO2S2. The summed E-state index contributed by atoms with van der Waals surface area (Å²) in [5.41, 5.74) is 2.01. The standard InChI is InChI=1S/C11H15NO2S2/c1-10-2-4-11(5-3-10)8-16(13,14)12-6-7-15-9-12/h2-5H,6-9H2,1H3. The van der Waals surface area contributed by atoms with Gasteiger partial charge in [-0.05, 0) is 12.5 Å². The van der Waals surface area contributed by atoms with Crippen LogP contribution in [0.5, 0.6) is 0 Å². The molecule has 1 saturated heterocycles. The third kappa shape index (κ3) is 2.78. The van der Waals surface area contributed by atoms with E-state index in [1.165, 1.54) is 0 Å². The summed E-state index contributed by atoms with van der Waals surface area (Å²) < 4.78 is 25.6. The number of hydrogen-bond donors (Lipinski definition) is 0. The zero-order valence-electron chi connectivity index (χ0n) is 9.22. The number of sulfonamides is 1. The first-order valence-corrected chi connectivity index (χ1v) is 7.95. The van der Waals surface area contributed by atoms with Crippen molar-refractivity contribution in [3.8, 4) is 0 Å². The van der Waals surface area contributed by atoms with Crippen molar-refractivity contribution in [1.29, 1.82) is 0 Å². The maximum Gasteiger partial charge on any atom is 0.219 e. The summed E-state index contributed by atoms with van der Waals surface area (Å²) in [6.45, 7) is 2.65. The van der Waals surface area contributed by atoms with E-state index in [-0.39, 0.29) is 5.75 Å². The van der Waals surface area contributed by atoms with Crippen LogP contribution in [0.15, 0.2) is 24.3 Å². The molecule has 1 heterocycles. The zero-order chi connectivity index (χ0) is 11.6. The molecule has 1 aromatic rings. The van der Waals surface area contributed by atoms with Crippen LogP contribution < -0.4 is 0 Å². The molecule has 0 unspecified atom stereocenters. The van der Waals surface area contributed by atoms with E-state index < -0.39 is 10.0 Å². The van der Waals surface area contributed by atoms with Gasteiger partial charge in [-0.1, -0.05) is 29.8 Å². The van der Waals surface area contributed by atoms with Crippen LogP contribution in [-0.2, 0) is 15.8 Å². The van der Waals surface area contributed by atoms with Crippen LogP contribution in [-0.4, -0.2) is 30.9 Å². The second kappa shape index (κ2) is 4.77. The molecule has 5 heteroatoms. The van der Waals surface area contributed by atoms with Crippen LogP contribution in [0.1, 0.15) is 11.1 Å². The minimum absolute atomic E-state index is 0.119. The molecule has 0 N–H and O–H groups in total. The van der Waals surface area contributed by atoms with E-state index in [0.717, 1.165) is 16.9 Å². The average Bonchev–Trinajstić information content (AvgIpc) is 2.75. The summed E-state index contributed by atoms with van der Waals surface area (Å²) in [6, 6.07) is 7.67. The van der Waals surface area contributed by atoms with Gasteiger partial charge in [-0.2, -0.15) is 4.31 Å². The van der Waals surface area contributed by atoms with Gasteiger partial charge in [0.05, 0.1) is 11.6 Å². The third-order valence-corrected chi connectivity index (χ3v) is 5.51. The van der Waals surface area contributed by atoms with Gasteiger partial charge in [-0.15, -0.1) is 11.8 Å². The van der Waals surface area contributed by atoms with Gasteiger partial charge >= 0.3 is 0 Å². The lowest BCUT2D eigenvalue weighted by Gasteiger charge is -2.14. The van der Waals surface area contributed by atoms with E-state index in [9.17, 15) is 8.42 Å². The molecule has 1 aromatic carbocycles. The molecule has 0 saturated carbocycles. The van der Waals surface area contributed by atoms with Crippen LogP contribution in [0.2, 0.25) is 0 Å². The fourth-order valence-corrected chi connectivity index (χ4v) is 4.56. The molecule has 88 valence electrons. The molecule has 0 spiro atoms. The summed E-state index contributed by atoms with van der Waals surface area (Å²) in [5.74, 6) is 1.63. The molecular weight excluding hydrogens is 242 g/mol. The number of nitrogens with zero attached hydrogens (tertiary/aromatic N) is 1. The van der Waals surface area contributed by atoms with Crippen molar-refractivity contribution < 1.29 is 8.42 Å². The van der Waals surface area contributed by atoms with Crippen molar-refractivity contribution in [3.63, 3.8) is 0 Å². The second-order valence-electron chi connectivity index (χ2n) is 3.95. The number of hydrogen-bond acceptors (Lipinski definition) is 3. The lowest BCUT2D eigenvalue weighted by molar-refractivity contribution is 0.488. The van der Waals surface area contributed by atoms with Crippen molar-refractivity contribution >= 4 is 21.8 Å². The zero-order valence-corrected chi connectivity index (χ0v) is 10.9. The largest absolute Gasteiger partial charge is 0.219 e. The Hall–Kier alpha value is -0.520. The van der Waals surface area contributed by atoms with Gasteiger partial charge in [0, 0.05) is 12.3 Å². The fraction of sp³-hybridized carbons (Fsp3) is 0.455. The highest BCUT2D eigenvalue weighted by Gasteiger charge is 2.25. The molecule has 3 nitrogen and oxygen atoms in total. The van der Waals surface area contributed by atoms with Crippen molar-refractivity contribution in [2.45, 2.75) is 12.7 Å². The molecule has 2 rings (SSSR count). The van der Waals surface area contributed by atoms with Gasteiger partial charge in [0.25, 0.3) is 0 Å². The van der Waals surface area contributed by atoms with Gasteiger partial charge in [0.1, 0.15) is 0 Å². The Morgan fingerprint density at radius 1 is 1.31 bits per heavy atom. The summed E-state index contributed by atoms with van der Waals surface area (Å²) in [5, 5.41) is 0. The normalized spacial score (nSPS) is 17.8. The highest BCUT2D eigenvalue weighted by molar-refractivity contribution is 8.00. The Kier molecular flexibility index (Phi) is 3.56. The van der Waals surface area contributed by atoms with E-state index in [0.29, 0.717) is 12.4 Å². The van der Waals surface area contributed by atoms with Crippen molar-refractivity contribution in [3.05, 3.63) is 35.4 Å². The van der Waals surface area contributed by atoms with Crippen molar-refractivity contribution in [1.82, 2.24) is 4.31 Å². The summed E-state index contributed by atoms with van der Waals surface area (Å²) in [4.78, 5) is 0. The van der Waals surface area contributed by atoms with Gasteiger partial charge in [-0.25, -0.2) is 8.42 Å². The highest BCUT2D eigenvalue weighted by Crippen LogP contribution is 2.20. The van der Waals surface area contributed by atoms with Gasteiger partial charge in [0.15, 0.2) is 0 Å². The number of benzene rings is 1. The molecule has 0 aliphatic carbocycles. The summed E-state index contributed by atoms with van der Waals surface area (Å²) >= 11 is 1.67. The van der Waals surface area contributed by atoms with E-state index in [4.69, 9.17) is 0 Å². The molecule has 0 aromatic heterocycles. The van der Waals surface area contributed by atoms with Crippen LogP contribution in [0.3, 0.4) is 0 Å². The third-order valence-electron chi connectivity index (χ3n) is 2.58. The van der Waals surface area contributed by atoms with E-state index >= 15 is 0 Å². The molecule has 1 aliphatic heterocycles. The van der Waals surface area contributed by atoms with E-state index in [1.807, 2.05) is 31.2 Å². The molecule has 0 amide bonds. The number of thioether (sulfide) groups is 1. The predicted molar refractivity (Wildman–Crippen MR) is 67.8 cm³/mol. The Balaban J connectivity index is 2.11. The maximum absolute atomic E-state index is 12.0. The van der Waals surface area contributed by atoms with Crippen molar-refractivity contribution in [2.24, 2.45) is 0 Å². The summed E-state index contributed by atoms with van der Waals surface area (Å²) in [6.07, 6.45) is 0. The number of aryl methyl sites for hydroxylation is 1. The number of rotatable bonds is 3. The van der Waals surface area contributed by atoms with E-state index in [1.54, 1.807) is 16.1 Å². The molecule has 0 bridgehead atoms. The Bertz CT molecular complexity index is 447. The molecule has 0 radical (unpaired) electrons. The van der Waals surface area contributed by atoms with Gasteiger partial charge in [0.2, 0.25) is 10.0 Å². The quantitative estimate of drug-likeness (QED) is 0.829.